The smallest absolute Gasteiger partial charge is 0.191 e. The summed E-state index contributed by atoms with van der Waals surface area (Å²) in [6, 6.07) is 6.03. The van der Waals surface area contributed by atoms with E-state index >= 15 is 0 Å². The van der Waals surface area contributed by atoms with Gasteiger partial charge in [-0.15, -0.1) is 24.0 Å². The Kier molecular flexibility index (Phi) is 8.12. The molecule has 0 spiro atoms. The average Bonchev–Trinajstić information content (AvgIpc) is 3.15. The number of methoxy groups -OCH3 is 2. The number of rotatable bonds is 5. The Morgan fingerprint density at radius 1 is 1.08 bits per heavy atom. The largest absolute Gasteiger partial charge is 0.497 e. The van der Waals surface area contributed by atoms with Gasteiger partial charge in [-0.3, -0.25) is 4.99 Å². The maximum atomic E-state index is 6.18. The van der Waals surface area contributed by atoms with Crippen molar-refractivity contribution >= 4 is 35.6 Å². The molecule has 2 N–H and O–H groups in total. The summed E-state index contributed by atoms with van der Waals surface area (Å²) < 4.78 is 10.8. The summed E-state index contributed by atoms with van der Waals surface area (Å²) in [6.45, 7) is 4.93. The molecule has 2 heterocycles. The standard InChI is InChI=1S/C19H30N4O2.HI/c1-24-17-10-16(11-18(12-17)25-2)23-9-6-15(14-23)13-21-19(20)22-7-4-3-5-8-22;/h10-12,15H,3-9,13-14H2,1-2H3,(H2,20,21);1H. The van der Waals surface area contributed by atoms with Crippen LogP contribution in [0.2, 0.25) is 0 Å². The van der Waals surface area contributed by atoms with Crippen LogP contribution in [0.3, 0.4) is 0 Å². The predicted molar refractivity (Wildman–Crippen MR) is 117 cm³/mol. The van der Waals surface area contributed by atoms with Crippen molar-refractivity contribution in [3.63, 3.8) is 0 Å². The van der Waals surface area contributed by atoms with Gasteiger partial charge in [0, 0.05) is 56.6 Å². The number of aliphatic imine (C=N–C) groups is 1. The molecule has 0 aromatic heterocycles. The van der Waals surface area contributed by atoms with Gasteiger partial charge in [-0.05, 0) is 31.6 Å². The van der Waals surface area contributed by atoms with Crippen LogP contribution in [0.15, 0.2) is 23.2 Å². The lowest BCUT2D eigenvalue weighted by Crippen LogP contribution is -2.41. The molecule has 0 saturated carbocycles. The van der Waals surface area contributed by atoms with Crippen molar-refractivity contribution in [2.24, 2.45) is 16.6 Å². The lowest BCUT2D eigenvalue weighted by Gasteiger charge is -2.27. The molecule has 2 aliphatic heterocycles. The molecule has 0 bridgehead atoms. The van der Waals surface area contributed by atoms with E-state index in [4.69, 9.17) is 15.2 Å². The molecule has 0 radical (unpaired) electrons. The highest BCUT2D eigenvalue weighted by Gasteiger charge is 2.24. The average molecular weight is 474 g/mol. The Hall–Kier alpha value is -1.38. The van der Waals surface area contributed by atoms with Crippen LogP contribution in [0, 0.1) is 5.92 Å². The predicted octanol–water partition coefficient (Wildman–Crippen LogP) is 2.95. The minimum absolute atomic E-state index is 0. The third-order valence-electron chi connectivity index (χ3n) is 5.18. The second-order valence-corrected chi connectivity index (χ2v) is 6.92. The molecular formula is C19H31IN4O2. The van der Waals surface area contributed by atoms with Crippen molar-refractivity contribution < 1.29 is 9.47 Å². The number of anilines is 1. The number of likely N-dealkylation sites (tertiary alicyclic amines) is 1. The minimum Gasteiger partial charge on any atom is -0.497 e. The van der Waals surface area contributed by atoms with Crippen molar-refractivity contribution in [2.45, 2.75) is 25.7 Å². The Bertz CT molecular complexity index is 583. The van der Waals surface area contributed by atoms with Gasteiger partial charge in [0.25, 0.3) is 0 Å². The summed E-state index contributed by atoms with van der Waals surface area (Å²) in [5.41, 5.74) is 7.32. The first kappa shape index (κ1) is 20.9. The maximum absolute atomic E-state index is 6.18. The fraction of sp³-hybridized carbons (Fsp3) is 0.632. The number of nitrogens with two attached hydrogens (primary N) is 1. The quantitative estimate of drug-likeness (QED) is 0.404. The van der Waals surface area contributed by atoms with E-state index in [1.165, 1.54) is 19.3 Å². The highest BCUT2D eigenvalue weighted by molar-refractivity contribution is 14.0. The Morgan fingerprint density at radius 3 is 2.35 bits per heavy atom. The van der Waals surface area contributed by atoms with Gasteiger partial charge in [-0.1, -0.05) is 0 Å². The van der Waals surface area contributed by atoms with Gasteiger partial charge in [-0.2, -0.15) is 0 Å². The first-order valence-corrected chi connectivity index (χ1v) is 9.22. The maximum Gasteiger partial charge on any atom is 0.191 e. The van der Waals surface area contributed by atoms with Crippen molar-refractivity contribution in [2.75, 3.05) is 51.8 Å². The molecule has 1 aromatic rings. The first-order chi connectivity index (χ1) is 12.2. The molecule has 6 nitrogen and oxygen atoms in total. The molecule has 2 aliphatic rings. The minimum atomic E-state index is 0. The lowest BCUT2D eigenvalue weighted by molar-refractivity contribution is 0.337. The van der Waals surface area contributed by atoms with Crippen molar-refractivity contribution in [1.29, 1.82) is 0 Å². The molecule has 7 heteroatoms. The van der Waals surface area contributed by atoms with Crippen LogP contribution >= 0.6 is 24.0 Å². The topological polar surface area (TPSA) is 63.3 Å². The zero-order valence-electron chi connectivity index (χ0n) is 15.8. The number of guanidine groups is 1. The number of benzene rings is 1. The zero-order chi connectivity index (χ0) is 17.6. The third-order valence-corrected chi connectivity index (χ3v) is 5.18. The summed E-state index contributed by atoms with van der Waals surface area (Å²) in [4.78, 5) is 9.27. The fourth-order valence-corrected chi connectivity index (χ4v) is 3.64. The van der Waals surface area contributed by atoms with Crippen molar-refractivity contribution in [3.8, 4) is 11.5 Å². The molecule has 3 rings (SSSR count). The van der Waals surface area contributed by atoms with E-state index in [0.29, 0.717) is 5.92 Å². The highest BCUT2D eigenvalue weighted by atomic mass is 127. The molecule has 2 fully saturated rings. The number of piperidine rings is 1. The van der Waals surface area contributed by atoms with Crippen LogP contribution in [0.1, 0.15) is 25.7 Å². The van der Waals surface area contributed by atoms with Crippen LogP contribution in [0.5, 0.6) is 11.5 Å². The van der Waals surface area contributed by atoms with Crippen LogP contribution in [-0.4, -0.2) is 57.8 Å². The molecule has 146 valence electrons. The van der Waals surface area contributed by atoms with Gasteiger partial charge in [0.05, 0.1) is 14.2 Å². The van der Waals surface area contributed by atoms with Crippen LogP contribution < -0.4 is 20.1 Å². The van der Waals surface area contributed by atoms with Gasteiger partial charge in [0.2, 0.25) is 0 Å². The van der Waals surface area contributed by atoms with Gasteiger partial charge < -0.3 is 25.0 Å². The Labute approximate surface area is 173 Å². The molecule has 1 atom stereocenters. The second kappa shape index (κ2) is 10.1. The molecule has 0 aliphatic carbocycles. The van der Waals surface area contributed by atoms with Crippen LogP contribution in [0.4, 0.5) is 5.69 Å². The first-order valence-electron chi connectivity index (χ1n) is 9.22. The van der Waals surface area contributed by atoms with E-state index in [2.05, 4.69) is 26.9 Å². The molecule has 0 amide bonds. The summed E-state index contributed by atoms with van der Waals surface area (Å²) in [7, 11) is 3.37. The zero-order valence-corrected chi connectivity index (χ0v) is 18.1. The molecule has 1 aromatic carbocycles. The highest BCUT2D eigenvalue weighted by Crippen LogP contribution is 2.31. The summed E-state index contributed by atoms with van der Waals surface area (Å²) in [5, 5.41) is 0. The number of hydrogen-bond donors (Lipinski definition) is 1. The van der Waals surface area contributed by atoms with E-state index in [-0.39, 0.29) is 24.0 Å². The molecule has 2 saturated heterocycles. The van der Waals surface area contributed by atoms with Crippen molar-refractivity contribution in [3.05, 3.63) is 18.2 Å². The normalized spacial score (nSPS) is 20.7. The third kappa shape index (κ3) is 5.31. The van der Waals surface area contributed by atoms with Crippen molar-refractivity contribution in [1.82, 2.24) is 4.90 Å². The van der Waals surface area contributed by atoms with Gasteiger partial charge >= 0.3 is 0 Å². The lowest BCUT2D eigenvalue weighted by atomic mass is 10.1. The van der Waals surface area contributed by atoms with E-state index < -0.39 is 0 Å². The van der Waals surface area contributed by atoms with E-state index in [0.717, 1.165) is 62.3 Å². The summed E-state index contributed by atoms with van der Waals surface area (Å²) >= 11 is 0. The van der Waals surface area contributed by atoms with Gasteiger partial charge in [0.1, 0.15) is 11.5 Å². The number of nitrogens with zero attached hydrogens (tertiary/aromatic N) is 3. The van der Waals surface area contributed by atoms with E-state index in [1.807, 2.05) is 6.07 Å². The monoisotopic (exact) mass is 474 g/mol. The summed E-state index contributed by atoms with van der Waals surface area (Å²) in [5.74, 6) is 2.91. The second-order valence-electron chi connectivity index (χ2n) is 6.92. The molecule has 26 heavy (non-hydrogen) atoms. The summed E-state index contributed by atoms with van der Waals surface area (Å²) in [6.07, 6.45) is 4.90. The van der Waals surface area contributed by atoms with Gasteiger partial charge in [0.15, 0.2) is 5.96 Å². The fourth-order valence-electron chi connectivity index (χ4n) is 3.64. The SMILES string of the molecule is COc1cc(OC)cc(N2CCC(CN=C(N)N3CCCCC3)C2)c1.I. The molecular weight excluding hydrogens is 443 g/mol. The van der Waals surface area contributed by atoms with E-state index in [1.54, 1.807) is 14.2 Å². The van der Waals surface area contributed by atoms with Gasteiger partial charge in [-0.25, -0.2) is 0 Å². The number of ether oxygens (including phenoxy) is 2. The van der Waals surface area contributed by atoms with Crippen LogP contribution in [0.25, 0.3) is 0 Å². The van der Waals surface area contributed by atoms with Crippen LogP contribution in [-0.2, 0) is 0 Å². The Balaban J connectivity index is 0.00000243. The Morgan fingerprint density at radius 2 is 1.73 bits per heavy atom. The number of hydrogen-bond acceptors (Lipinski definition) is 4. The molecule has 1 unspecified atom stereocenters. The number of halogens is 1. The van der Waals surface area contributed by atoms with E-state index in [9.17, 15) is 0 Å².